The monoisotopic (exact) mass is 159 g/mol. The Morgan fingerprint density at radius 1 is 1.09 bits per heavy atom. The Morgan fingerprint density at radius 2 is 1.73 bits per heavy atom. The molecule has 0 saturated heterocycles. The smallest absolute Gasteiger partial charge is 0.0478 e. The van der Waals surface area contributed by atoms with Crippen LogP contribution in [-0.4, -0.2) is 38.8 Å². The van der Waals surface area contributed by atoms with Crippen LogP contribution in [0.3, 0.4) is 0 Å². The van der Waals surface area contributed by atoms with Crippen molar-refractivity contribution in [3.05, 3.63) is 0 Å². The summed E-state index contributed by atoms with van der Waals surface area (Å²) in [6.07, 6.45) is 3.58. The highest BCUT2D eigenvalue weighted by Gasteiger charge is 1.90. The van der Waals surface area contributed by atoms with Crippen molar-refractivity contribution >= 4 is 0 Å². The molecule has 0 bridgehead atoms. The Labute approximate surface area is 70.5 Å². The third-order valence-corrected chi connectivity index (χ3v) is 1.54. The van der Waals surface area contributed by atoms with Crippen molar-refractivity contribution in [3.63, 3.8) is 0 Å². The molecule has 0 atom stereocenters. The molecule has 0 N–H and O–H groups in total. The summed E-state index contributed by atoms with van der Waals surface area (Å²) in [5.74, 6) is 0. The van der Waals surface area contributed by atoms with Crippen LogP contribution in [0.15, 0.2) is 0 Å². The Kier molecular flexibility index (Phi) is 7.96. The van der Waals surface area contributed by atoms with Gasteiger partial charge in [0.25, 0.3) is 0 Å². The van der Waals surface area contributed by atoms with E-state index in [1.807, 2.05) is 0 Å². The normalized spacial score (nSPS) is 10.9. The molecule has 68 valence electrons. The molecule has 0 saturated carbocycles. The number of ether oxygens (including phenoxy) is 1. The van der Waals surface area contributed by atoms with Crippen LogP contribution >= 0.6 is 0 Å². The standard InChI is InChI=1S/C9H21NO/c1-4-5-8-11-9-6-7-10(2)3/h4-9H2,1-3H3. The van der Waals surface area contributed by atoms with Gasteiger partial charge in [0.1, 0.15) is 0 Å². The van der Waals surface area contributed by atoms with E-state index in [1.54, 1.807) is 0 Å². The van der Waals surface area contributed by atoms with E-state index in [0.29, 0.717) is 0 Å². The summed E-state index contributed by atoms with van der Waals surface area (Å²) in [7, 11) is 4.18. The van der Waals surface area contributed by atoms with E-state index in [0.717, 1.165) is 26.2 Å². The summed E-state index contributed by atoms with van der Waals surface area (Å²) in [4.78, 5) is 2.18. The predicted octanol–water partition coefficient (Wildman–Crippen LogP) is 1.75. The number of nitrogens with zero attached hydrogens (tertiary/aromatic N) is 1. The molecule has 0 aliphatic rings. The van der Waals surface area contributed by atoms with Gasteiger partial charge in [-0.25, -0.2) is 0 Å². The summed E-state index contributed by atoms with van der Waals surface area (Å²) < 4.78 is 5.40. The molecule has 0 unspecified atom stereocenters. The number of unbranched alkanes of at least 4 members (excludes halogenated alkanes) is 1. The van der Waals surface area contributed by atoms with Gasteiger partial charge >= 0.3 is 0 Å². The number of hydrogen-bond donors (Lipinski definition) is 0. The fourth-order valence-corrected chi connectivity index (χ4v) is 0.831. The minimum atomic E-state index is 0.915. The predicted molar refractivity (Wildman–Crippen MR) is 48.9 cm³/mol. The quantitative estimate of drug-likeness (QED) is 0.525. The van der Waals surface area contributed by atoms with E-state index in [4.69, 9.17) is 4.74 Å². The second-order valence-corrected chi connectivity index (χ2v) is 3.12. The van der Waals surface area contributed by atoms with Gasteiger partial charge in [0.15, 0.2) is 0 Å². The van der Waals surface area contributed by atoms with Crippen LogP contribution in [0, 0.1) is 0 Å². The average Bonchev–Trinajstić information content (AvgIpc) is 1.96. The first-order valence-corrected chi connectivity index (χ1v) is 4.50. The molecule has 2 nitrogen and oxygen atoms in total. The van der Waals surface area contributed by atoms with Crippen molar-refractivity contribution in [2.45, 2.75) is 26.2 Å². The van der Waals surface area contributed by atoms with E-state index >= 15 is 0 Å². The molecule has 11 heavy (non-hydrogen) atoms. The van der Waals surface area contributed by atoms with E-state index in [9.17, 15) is 0 Å². The van der Waals surface area contributed by atoms with E-state index in [2.05, 4.69) is 25.9 Å². The van der Waals surface area contributed by atoms with Crippen LogP contribution in [0.25, 0.3) is 0 Å². The van der Waals surface area contributed by atoms with Gasteiger partial charge in [-0.05, 0) is 33.5 Å². The van der Waals surface area contributed by atoms with Crippen LogP contribution in [-0.2, 0) is 4.74 Å². The average molecular weight is 159 g/mol. The van der Waals surface area contributed by atoms with Crippen LogP contribution in [0.2, 0.25) is 0 Å². The van der Waals surface area contributed by atoms with Crippen LogP contribution in [0.5, 0.6) is 0 Å². The maximum Gasteiger partial charge on any atom is 0.0478 e. The molecule has 0 aromatic heterocycles. The molecule has 0 aromatic rings. The maximum absolute atomic E-state index is 5.40. The second kappa shape index (κ2) is 8.02. The van der Waals surface area contributed by atoms with Crippen LogP contribution in [0.1, 0.15) is 26.2 Å². The van der Waals surface area contributed by atoms with E-state index < -0.39 is 0 Å². The lowest BCUT2D eigenvalue weighted by molar-refractivity contribution is 0.123. The van der Waals surface area contributed by atoms with Gasteiger partial charge in [-0.2, -0.15) is 0 Å². The first kappa shape index (κ1) is 10.9. The summed E-state index contributed by atoms with van der Waals surface area (Å²) >= 11 is 0. The molecule has 0 spiro atoms. The van der Waals surface area contributed by atoms with Gasteiger partial charge in [0.2, 0.25) is 0 Å². The molecular weight excluding hydrogens is 138 g/mol. The fourth-order valence-electron chi connectivity index (χ4n) is 0.831. The van der Waals surface area contributed by atoms with Crippen molar-refractivity contribution in [2.75, 3.05) is 33.9 Å². The van der Waals surface area contributed by atoms with Crippen molar-refractivity contribution in [3.8, 4) is 0 Å². The molecule has 0 rings (SSSR count). The highest BCUT2D eigenvalue weighted by molar-refractivity contribution is 4.42. The molecule has 0 aliphatic carbocycles. The van der Waals surface area contributed by atoms with Gasteiger partial charge in [-0.1, -0.05) is 13.3 Å². The summed E-state index contributed by atoms with van der Waals surface area (Å²) in [6.45, 7) is 5.16. The zero-order valence-electron chi connectivity index (χ0n) is 8.10. The minimum absolute atomic E-state index is 0.915. The maximum atomic E-state index is 5.40. The number of hydrogen-bond acceptors (Lipinski definition) is 2. The Bertz CT molecular complexity index is 74.0. The third-order valence-electron chi connectivity index (χ3n) is 1.54. The van der Waals surface area contributed by atoms with Gasteiger partial charge in [-0.3, -0.25) is 0 Å². The lowest BCUT2D eigenvalue weighted by Crippen LogP contribution is -2.14. The highest BCUT2D eigenvalue weighted by atomic mass is 16.5. The lowest BCUT2D eigenvalue weighted by atomic mass is 10.3. The first-order valence-electron chi connectivity index (χ1n) is 4.50. The van der Waals surface area contributed by atoms with Gasteiger partial charge < -0.3 is 9.64 Å². The first-order chi connectivity index (χ1) is 5.27. The molecule has 0 radical (unpaired) electrons. The largest absolute Gasteiger partial charge is 0.381 e. The Morgan fingerprint density at radius 3 is 2.27 bits per heavy atom. The third kappa shape index (κ3) is 9.92. The van der Waals surface area contributed by atoms with Crippen molar-refractivity contribution in [2.24, 2.45) is 0 Å². The van der Waals surface area contributed by atoms with Gasteiger partial charge in [0, 0.05) is 13.2 Å². The van der Waals surface area contributed by atoms with E-state index in [-0.39, 0.29) is 0 Å². The zero-order valence-corrected chi connectivity index (χ0v) is 8.10. The summed E-state index contributed by atoms with van der Waals surface area (Å²) in [5.41, 5.74) is 0. The molecular formula is C9H21NO. The molecule has 0 fully saturated rings. The van der Waals surface area contributed by atoms with Crippen molar-refractivity contribution in [1.29, 1.82) is 0 Å². The van der Waals surface area contributed by atoms with Gasteiger partial charge in [-0.15, -0.1) is 0 Å². The highest BCUT2D eigenvalue weighted by Crippen LogP contribution is 1.90. The topological polar surface area (TPSA) is 12.5 Å². The summed E-state index contributed by atoms with van der Waals surface area (Å²) in [6, 6.07) is 0. The van der Waals surface area contributed by atoms with Gasteiger partial charge in [0.05, 0.1) is 0 Å². The number of rotatable bonds is 7. The Balaban J connectivity index is 2.80. The van der Waals surface area contributed by atoms with E-state index in [1.165, 1.54) is 12.8 Å². The van der Waals surface area contributed by atoms with Crippen molar-refractivity contribution in [1.82, 2.24) is 4.90 Å². The van der Waals surface area contributed by atoms with Crippen molar-refractivity contribution < 1.29 is 4.74 Å². The van der Waals surface area contributed by atoms with Crippen LogP contribution in [0.4, 0.5) is 0 Å². The molecule has 2 heteroatoms. The zero-order chi connectivity index (χ0) is 8.53. The fraction of sp³-hybridized carbons (Fsp3) is 1.00. The Hall–Kier alpha value is -0.0800. The molecule has 0 amide bonds. The van der Waals surface area contributed by atoms with Crippen LogP contribution < -0.4 is 0 Å². The molecule has 0 heterocycles. The SMILES string of the molecule is CCCCOCCCN(C)C. The molecule has 0 aromatic carbocycles. The summed E-state index contributed by atoms with van der Waals surface area (Å²) in [5, 5.41) is 0. The minimum Gasteiger partial charge on any atom is -0.381 e. The lowest BCUT2D eigenvalue weighted by Gasteiger charge is -2.08. The molecule has 0 aliphatic heterocycles. The second-order valence-electron chi connectivity index (χ2n) is 3.12.